The van der Waals surface area contributed by atoms with Crippen LogP contribution in [0.4, 0.5) is 0 Å². The summed E-state index contributed by atoms with van der Waals surface area (Å²) >= 11 is 0. The Morgan fingerprint density at radius 2 is 1.08 bits per heavy atom. The van der Waals surface area contributed by atoms with Crippen molar-refractivity contribution in [3.63, 3.8) is 0 Å². The van der Waals surface area contributed by atoms with E-state index in [2.05, 4.69) is 11.4 Å². The van der Waals surface area contributed by atoms with Crippen LogP contribution in [0.15, 0.2) is 109 Å². The lowest BCUT2D eigenvalue weighted by atomic mass is 9.75. The van der Waals surface area contributed by atoms with Crippen LogP contribution in [0.1, 0.15) is 33.4 Å². The lowest BCUT2D eigenvalue weighted by Crippen LogP contribution is -2.57. The lowest BCUT2D eigenvalue weighted by molar-refractivity contribution is -0.155. The van der Waals surface area contributed by atoms with E-state index in [9.17, 15) is 9.59 Å². The molecule has 0 amide bonds. The number of carbonyl (C=O) groups is 2. The fraction of sp³-hybridized carbons (Fsp3) is 0.235. The van der Waals surface area contributed by atoms with Gasteiger partial charge in [0.2, 0.25) is 0 Å². The molecular weight excluding hydrogens is 486 g/mol. The van der Waals surface area contributed by atoms with Gasteiger partial charge in [-0.25, -0.2) is 0 Å². The molecule has 39 heavy (non-hydrogen) atoms. The maximum atomic E-state index is 13.6. The second-order valence-electron chi connectivity index (χ2n) is 9.82. The number of carbonyl (C=O) groups excluding carboxylic acids is 2. The Hall–Kier alpha value is -4.22. The zero-order chi connectivity index (χ0) is 27.8. The highest BCUT2D eigenvalue weighted by Gasteiger charge is 2.45. The molecule has 4 aromatic carbocycles. The van der Waals surface area contributed by atoms with Gasteiger partial charge in [0, 0.05) is 0 Å². The molecule has 0 aromatic heterocycles. The molecule has 5 heteroatoms. The molecule has 0 heterocycles. The number of ether oxygens (including phenoxy) is 2. The molecule has 2 atom stereocenters. The van der Waals surface area contributed by atoms with E-state index in [0.717, 1.165) is 33.4 Å². The van der Waals surface area contributed by atoms with Crippen LogP contribution in [0.2, 0.25) is 0 Å². The summed E-state index contributed by atoms with van der Waals surface area (Å²) in [6, 6.07) is 35.0. The summed E-state index contributed by atoms with van der Waals surface area (Å²) in [5.41, 5.74) is 4.91. The van der Waals surface area contributed by atoms with E-state index in [4.69, 9.17) is 9.47 Å². The van der Waals surface area contributed by atoms with Gasteiger partial charge < -0.3 is 9.47 Å². The van der Waals surface area contributed by atoms with Crippen LogP contribution in [0.5, 0.6) is 0 Å². The number of benzene rings is 4. The van der Waals surface area contributed by atoms with Crippen molar-refractivity contribution in [2.45, 2.75) is 31.8 Å². The number of hydrogen-bond donors (Lipinski definition) is 1. The molecule has 4 rings (SSSR count). The molecule has 1 N–H and O–H groups in total. The van der Waals surface area contributed by atoms with Crippen molar-refractivity contribution in [3.8, 4) is 0 Å². The molecule has 0 radical (unpaired) electrons. The molecule has 0 bridgehead atoms. The predicted octanol–water partition coefficient (Wildman–Crippen LogP) is 5.76. The van der Waals surface area contributed by atoms with Gasteiger partial charge in [0.1, 0.15) is 6.04 Å². The number of aryl methyl sites for hydroxylation is 2. The maximum absolute atomic E-state index is 13.6. The van der Waals surface area contributed by atoms with Crippen LogP contribution in [-0.4, -0.2) is 32.2 Å². The number of methoxy groups -OCH3 is 2. The zero-order valence-corrected chi connectivity index (χ0v) is 22.9. The van der Waals surface area contributed by atoms with E-state index in [1.807, 2.05) is 117 Å². The molecule has 0 aliphatic carbocycles. The third-order valence-corrected chi connectivity index (χ3v) is 7.09. The average molecular weight is 522 g/mol. The highest BCUT2D eigenvalue weighted by molar-refractivity contribution is 5.85. The molecule has 1 unspecified atom stereocenters. The fourth-order valence-corrected chi connectivity index (χ4v) is 5.43. The molecule has 0 fully saturated rings. The number of esters is 2. The lowest BCUT2D eigenvalue weighted by Gasteiger charge is -2.41. The molecule has 0 saturated carbocycles. The third kappa shape index (κ3) is 6.10. The van der Waals surface area contributed by atoms with Gasteiger partial charge in [-0.3, -0.25) is 14.9 Å². The summed E-state index contributed by atoms with van der Waals surface area (Å²) in [4.78, 5) is 27.0. The number of hydrogen-bond acceptors (Lipinski definition) is 5. The molecule has 200 valence electrons. The van der Waals surface area contributed by atoms with Gasteiger partial charge in [0.15, 0.2) is 0 Å². The summed E-state index contributed by atoms with van der Waals surface area (Å²) in [6.07, 6.45) is 0.302. The van der Waals surface area contributed by atoms with E-state index >= 15 is 0 Å². The summed E-state index contributed by atoms with van der Waals surface area (Å²) < 4.78 is 10.6. The van der Waals surface area contributed by atoms with E-state index in [-0.39, 0.29) is 0 Å². The fourth-order valence-electron chi connectivity index (χ4n) is 5.43. The van der Waals surface area contributed by atoms with E-state index < -0.39 is 29.4 Å². The number of nitrogens with one attached hydrogen (secondary N) is 1. The smallest absolute Gasteiger partial charge is 0.323 e. The van der Waals surface area contributed by atoms with Gasteiger partial charge in [-0.05, 0) is 42.5 Å². The molecule has 4 aromatic rings. The van der Waals surface area contributed by atoms with Crippen LogP contribution in [0.25, 0.3) is 0 Å². The molecule has 5 nitrogen and oxygen atoms in total. The molecule has 0 aliphatic rings. The second-order valence-corrected chi connectivity index (χ2v) is 9.82. The van der Waals surface area contributed by atoms with Gasteiger partial charge in [-0.1, -0.05) is 120 Å². The van der Waals surface area contributed by atoms with Crippen molar-refractivity contribution in [2.75, 3.05) is 14.2 Å². The Morgan fingerprint density at radius 3 is 1.46 bits per heavy atom. The minimum Gasteiger partial charge on any atom is -0.469 e. The standard InChI is InChI=1S/C34H35NO4/c1-24-20-25(2)22-26(21-24)23-30(32(36)38-3)31(33(37)39-4)35-34(27-14-8-5-9-15-27,28-16-10-6-11-17-28)29-18-12-7-13-19-29/h5-22,30-31,35H,23H2,1-4H3/t30?,31-/m0/s1. The van der Waals surface area contributed by atoms with Gasteiger partial charge in [0.05, 0.1) is 25.7 Å². The first-order valence-corrected chi connectivity index (χ1v) is 13.1. The first-order valence-electron chi connectivity index (χ1n) is 13.1. The van der Waals surface area contributed by atoms with Gasteiger partial charge in [0.25, 0.3) is 0 Å². The molecular formula is C34H35NO4. The van der Waals surface area contributed by atoms with E-state index in [0.29, 0.717) is 6.42 Å². The number of rotatable bonds is 10. The summed E-state index contributed by atoms with van der Waals surface area (Å²) in [5, 5.41) is 3.66. The average Bonchev–Trinajstić information content (AvgIpc) is 2.97. The maximum Gasteiger partial charge on any atom is 0.323 e. The Morgan fingerprint density at radius 1 is 0.667 bits per heavy atom. The molecule has 0 aliphatic heterocycles. The SMILES string of the molecule is COC(=O)C(Cc1cc(C)cc(C)c1)[C@H](NC(c1ccccc1)(c1ccccc1)c1ccccc1)C(=O)OC. The van der Waals surface area contributed by atoms with Gasteiger partial charge in [-0.2, -0.15) is 0 Å². The largest absolute Gasteiger partial charge is 0.469 e. The topological polar surface area (TPSA) is 64.6 Å². The summed E-state index contributed by atoms with van der Waals surface area (Å²) in [6.45, 7) is 4.04. The Balaban J connectivity index is 1.94. The first-order chi connectivity index (χ1) is 18.9. The predicted molar refractivity (Wildman–Crippen MR) is 153 cm³/mol. The second kappa shape index (κ2) is 12.5. The van der Waals surface area contributed by atoms with Crippen LogP contribution in [0.3, 0.4) is 0 Å². The van der Waals surface area contributed by atoms with E-state index in [1.165, 1.54) is 14.2 Å². The van der Waals surface area contributed by atoms with Crippen LogP contribution >= 0.6 is 0 Å². The Bertz CT molecular complexity index is 1270. The third-order valence-electron chi connectivity index (χ3n) is 7.09. The van der Waals surface area contributed by atoms with Crippen molar-refractivity contribution in [3.05, 3.63) is 143 Å². The molecule has 0 saturated heterocycles. The van der Waals surface area contributed by atoms with Crippen molar-refractivity contribution in [1.29, 1.82) is 0 Å². The first kappa shape index (κ1) is 27.8. The minimum absolute atomic E-state index is 0.302. The van der Waals surface area contributed by atoms with Crippen molar-refractivity contribution in [2.24, 2.45) is 5.92 Å². The Labute approximate surface area is 230 Å². The van der Waals surface area contributed by atoms with Crippen LogP contribution < -0.4 is 5.32 Å². The van der Waals surface area contributed by atoms with Crippen LogP contribution in [0, 0.1) is 19.8 Å². The minimum atomic E-state index is -1.02. The van der Waals surface area contributed by atoms with Crippen molar-refractivity contribution >= 4 is 11.9 Å². The quantitative estimate of drug-likeness (QED) is 0.212. The van der Waals surface area contributed by atoms with Crippen molar-refractivity contribution < 1.29 is 19.1 Å². The zero-order valence-electron chi connectivity index (χ0n) is 22.9. The highest BCUT2D eigenvalue weighted by atomic mass is 16.5. The van der Waals surface area contributed by atoms with E-state index in [1.54, 1.807) is 0 Å². The van der Waals surface area contributed by atoms with Crippen LogP contribution in [-0.2, 0) is 31.0 Å². The van der Waals surface area contributed by atoms with Gasteiger partial charge in [-0.15, -0.1) is 0 Å². The summed E-state index contributed by atoms with van der Waals surface area (Å²) in [7, 11) is 2.70. The monoisotopic (exact) mass is 521 g/mol. The normalized spacial score (nSPS) is 12.8. The summed E-state index contributed by atoms with van der Waals surface area (Å²) in [5.74, 6) is -1.87. The highest BCUT2D eigenvalue weighted by Crippen LogP contribution is 2.38. The Kier molecular flexibility index (Phi) is 8.95. The van der Waals surface area contributed by atoms with Gasteiger partial charge >= 0.3 is 11.9 Å². The van der Waals surface area contributed by atoms with Crippen molar-refractivity contribution in [1.82, 2.24) is 5.32 Å². The molecule has 0 spiro atoms.